The van der Waals surface area contributed by atoms with Crippen LogP contribution in [-0.2, 0) is 67.1 Å². The summed E-state index contributed by atoms with van der Waals surface area (Å²) in [7, 11) is 9.77. The minimum absolute atomic E-state index is 0.0183. The average molecular weight is 1720 g/mol. The van der Waals surface area contributed by atoms with Crippen LogP contribution >= 0.6 is 11.3 Å². The van der Waals surface area contributed by atoms with Crippen molar-refractivity contribution >= 4 is 94.0 Å². The van der Waals surface area contributed by atoms with Crippen molar-refractivity contribution in [3.05, 3.63) is 53.2 Å². The van der Waals surface area contributed by atoms with E-state index in [-0.39, 0.29) is 81.6 Å². The third-order valence-electron chi connectivity index (χ3n) is 23.1. The van der Waals surface area contributed by atoms with Crippen molar-refractivity contribution in [2.75, 3.05) is 62.4 Å². The maximum atomic E-state index is 15.6. The molecule has 1 aromatic carbocycles. The van der Waals surface area contributed by atoms with Crippen molar-refractivity contribution < 1.29 is 77.3 Å². The van der Waals surface area contributed by atoms with Crippen LogP contribution in [0.25, 0.3) is 10.4 Å². The fourth-order valence-electron chi connectivity index (χ4n) is 15.6. The Labute approximate surface area is 723 Å². The third kappa shape index (κ3) is 29.1. The number of unbranched alkanes of at least 4 members (excludes halogenated alkanes) is 2. The maximum Gasteiger partial charge on any atom is 0.246 e. The lowest BCUT2D eigenvalue weighted by atomic mass is 9.85. The summed E-state index contributed by atoms with van der Waals surface area (Å²) >= 11 is 1.54. The number of carbonyl (C=O) groups is 14. The van der Waals surface area contributed by atoms with E-state index >= 15 is 19.2 Å². The fourth-order valence-corrected chi connectivity index (χ4v) is 16.4. The van der Waals surface area contributed by atoms with Gasteiger partial charge in [0, 0.05) is 68.7 Å². The molecule has 4 rings (SSSR count). The van der Waals surface area contributed by atoms with Gasteiger partial charge in [-0.2, -0.15) is 0 Å². The number of aryl methyl sites for hydroxylation is 1. The number of aliphatic hydroxyl groups is 2. The van der Waals surface area contributed by atoms with Crippen LogP contribution in [0.1, 0.15) is 226 Å². The number of β-amino-alcohol motifs (C(OH)–C–C–N with tert-alkyl or cyclic N) is 1. The molecule has 1 aromatic heterocycles. The van der Waals surface area contributed by atoms with Crippen molar-refractivity contribution in [3.8, 4) is 10.4 Å². The summed E-state index contributed by atoms with van der Waals surface area (Å²) < 4.78 is 0. The number of allylic oxidation sites excluding steroid dienone is 2. The van der Waals surface area contributed by atoms with E-state index in [9.17, 15) is 58.2 Å². The van der Waals surface area contributed by atoms with Gasteiger partial charge in [0.1, 0.15) is 72.5 Å². The molecule has 2 fully saturated rings. The van der Waals surface area contributed by atoms with Crippen LogP contribution in [0.2, 0.25) is 0 Å². The van der Waals surface area contributed by atoms with Crippen molar-refractivity contribution in [1.29, 1.82) is 0 Å². The second kappa shape index (κ2) is 47.1. The number of amides is 14. The summed E-state index contributed by atoms with van der Waals surface area (Å²) in [5.74, 6) is -12.0. The molecule has 121 heavy (non-hydrogen) atoms. The lowest BCUT2D eigenvalue weighted by Gasteiger charge is -2.41. The van der Waals surface area contributed by atoms with Crippen molar-refractivity contribution in [2.24, 2.45) is 46.8 Å². The fraction of sp³-hybridized carbons (Fsp3) is 0.719. The smallest absolute Gasteiger partial charge is 0.246 e. The molecule has 2 saturated heterocycles. The van der Waals surface area contributed by atoms with Crippen LogP contribution in [0.4, 0.5) is 0 Å². The third-order valence-corrected chi connectivity index (χ3v) is 24.1. The number of aromatic nitrogens is 1. The molecule has 680 valence electrons. The molecular weight excluding hydrogens is 1570 g/mol. The lowest BCUT2D eigenvalue weighted by molar-refractivity contribution is -0.157. The Kier molecular flexibility index (Phi) is 40.6. The number of hydrogen-bond acceptors (Lipinski definition) is 18. The molecule has 3 heterocycles. The summed E-state index contributed by atoms with van der Waals surface area (Å²) in [6, 6.07) is -7.66. The molecule has 0 bridgehead atoms. The van der Waals surface area contributed by atoms with Gasteiger partial charge in [-0.05, 0) is 143 Å². The van der Waals surface area contributed by atoms with Crippen LogP contribution in [0, 0.1) is 53.8 Å². The van der Waals surface area contributed by atoms with E-state index < -0.39 is 203 Å². The SMILES string of the molecule is CC[C@@H]1NC(=O)[C@H]([C@H](O)[C@H](C)C/C=C/CCCCC(=O)NC(C(=O)N2C[C@H](O)C[C@H]2C(=O)N[C@@H](C)c2ccc(-c3scnc3C)cc2)C(C)(C)C)N(C)C(=O)[C@H](C(C)C)N(C)C(=O)[C@H](CC(C)C)N(C)C(=O)[C@H](CC(C)C)N(C)C(=O)[C@@H](C)NC(=O)[C@H](C)NC(=O)[C@H](CC(C)C)N(C)C(=O)C(C(C)C)NC(=O)[C@H](CC(C)C)N(C)C(=O)CN(C)C1=O. The van der Waals surface area contributed by atoms with Crippen LogP contribution in [-0.4, -0.2) is 284 Å². The minimum Gasteiger partial charge on any atom is -0.391 e. The van der Waals surface area contributed by atoms with Gasteiger partial charge < -0.3 is 81.3 Å². The zero-order valence-electron chi connectivity index (χ0n) is 77.5. The van der Waals surface area contributed by atoms with Crippen LogP contribution < -0.4 is 31.9 Å². The molecule has 0 aliphatic carbocycles. The highest BCUT2D eigenvalue weighted by Crippen LogP contribution is 2.32. The molecule has 31 nitrogen and oxygen atoms in total. The maximum absolute atomic E-state index is 15.6. The number of nitrogens with one attached hydrogen (secondary N) is 6. The Morgan fingerprint density at radius 1 is 0.579 bits per heavy atom. The molecule has 32 heteroatoms. The first kappa shape index (κ1) is 104. The zero-order chi connectivity index (χ0) is 92.0. The van der Waals surface area contributed by atoms with E-state index in [0.717, 1.165) is 31.5 Å². The van der Waals surface area contributed by atoms with Gasteiger partial charge in [-0.15, -0.1) is 11.3 Å². The molecule has 2 aliphatic heterocycles. The summed E-state index contributed by atoms with van der Waals surface area (Å²) in [5, 5.41) is 40.5. The number of aliphatic hydroxyl groups excluding tert-OH is 2. The van der Waals surface area contributed by atoms with E-state index in [0.29, 0.717) is 19.3 Å². The zero-order valence-corrected chi connectivity index (χ0v) is 78.3. The predicted molar refractivity (Wildman–Crippen MR) is 468 cm³/mol. The molecule has 0 radical (unpaired) electrons. The number of carbonyl (C=O) groups excluding carboxylic acids is 14. The van der Waals surface area contributed by atoms with Gasteiger partial charge in [0.25, 0.3) is 0 Å². The summed E-state index contributed by atoms with van der Waals surface area (Å²) in [4.78, 5) is 221. The second-order valence-corrected chi connectivity index (χ2v) is 38.0. The summed E-state index contributed by atoms with van der Waals surface area (Å²) in [6.45, 7) is 36.3. The van der Waals surface area contributed by atoms with Crippen molar-refractivity contribution in [2.45, 2.75) is 307 Å². The molecule has 14 amide bonds. The molecular formula is C89H147N15O16S. The largest absolute Gasteiger partial charge is 0.391 e. The van der Waals surface area contributed by atoms with Gasteiger partial charge in [0.05, 0.1) is 40.9 Å². The quantitative estimate of drug-likeness (QED) is 0.0363. The van der Waals surface area contributed by atoms with Crippen LogP contribution in [0.5, 0.6) is 0 Å². The molecule has 0 saturated carbocycles. The number of thiazole rings is 1. The summed E-state index contributed by atoms with van der Waals surface area (Å²) in [6.07, 6.45) is 3.03. The van der Waals surface area contributed by atoms with Gasteiger partial charge in [-0.25, -0.2) is 4.98 Å². The number of benzene rings is 1. The first-order chi connectivity index (χ1) is 56.2. The van der Waals surface area contributed by atoms with Crippen LogP contribution in [0.15, 0.2) is 41.9 Å². The monoisotopic (exact) mass is 1710 g/mol. The Hall–Kier alpha value is -8.91. The highest BCUT2D eigenvalue weighted by Gasteiger charge is 2.48. The molecule has 2 aromatic rings. The summed E-state index contributed by atoms with van der Waals surface area (Å²) in [5.41, 5.74) is 3.76. The molecule has 16 atom stereocenters. The number of likely N-dealkylation sites (tertiary alicyclic amines) is 1. The van der Waals surface area contributed by atoms with Gasteiger partial charge in [-0.3, -0.25) is 67.1 Å². The second-order valence-electron chi connectivity index (χ2n) is 37.1. The normalized spacial score (nSPS) is 24.9. The molecule has 0 spiro atoms. The highest BCUT2D eigenvalue weighted by molar-refractivity contribution is 7.13. The van der Waals surface area contributed by atoms with Crippen LogP contribution in [0.3, 0.4) is 0 Å². The number of nitrogens with zero attached hydrogens (tertiary/aromatic N) is 9. The van der Waals surface area contributed by atoms with Gasteiger partial charge in [0.15, 0.2) is 0 Å². The minimum atomic E-state index is -1.75. The number of rotatable bonds is 26. The highest BCUT2D eigenvalue weighted by atomic mass is 32.1. The standard InChI is InChI=1S/C89H147N15O16S/c1-29-63-83(115)97(22)47-70(107)98(23)64(41-49(2)3)79(111)96-71(53(10)11)86(118)99(24)65(42-50(4)5)78(110)92-58(17)77(109)93-59(18)82(114)100(25)67(43-51(6)7)84(116)101(26)68(44-52(8)9)85(117)102(27)72(54(12)13)87(119)103(28)73(81(113)94-63)74(108)55(14)35-33-31-30-32-34-36-69(106)95-76(89(19,20)21)88(120)104-46-62(105)45-66(104)80(112)91-56(15)60-37-39-61(40-38-60)75-57(16)90-48-121-75/h31,33,37-40,48-56,58-59,62-68,71-74,76,105,108H,29-30,32,34-36,41-47H2,1-28H3,(H,91,112)(H,92,110)(H,93,109)(H,94,113)(H,95,106)(H,96,111)/b33-31+/t55-,56+,58+,59-,62-,63+,64+,65+,66+,67+,68+,71?,72+,73+,74-,76?/m1/s1. The molecule has 8 N–H and O–H groups in total. The van der Waals surface area contributed by atoms with E-state index in [4.69, 9.17) is 0 Å². The van der Waals surface area contributed by atoms with E-state index in [1.165, 1.54) is 104 Å². The van der Waals surface area contributed by atoms with Gasteiger partial charge in [-0.1, -0.05) is 154 Å². The molecule has 2 aliphatic rings. The van der Waals surface area contributed by atoms with Gasteiger partial charge in [0.2, 0.25) is 82.7 Å². The van der Waals surface area contributed by atoms with E-state index in [1.54, 1.807) is 53.1 Å². The average Bonchev–Trinajstić information content (AvgIpc) is 1.70. The number of likely N-dealkylation sites (N-methyl/N-ethyl adjacent to an activating group) is 7. The lowest BCUT2D eigenvalue weighted by Crippen LogP contribution is -2.63. The Morgan fingerprint density at radius 2 is 1.08 bits per heavy atom. The Morgan fingerprint density at radius 3 is 1.60 bits per heavy atom. The first-order valence-corrected chi connectivity index (χ1v) is 44.1. The molecule has 2 unspecified atom stereocenters. The van der Waals surface area contributed by atoms with Gasteiger partial charge >= 0.3 is 0 Å². The van der Waals surface area contributed by atoms with Crippen molar-refractivity contribution in [3.63, 3.8) is 0 Å². The Balaban J connectivity index is 1.71. The van der Waals surface area contributed by atoms with E-state index in [2.05, 4.69) is 36.9 Å². The van der Waals surface area contributed by atoms with Crippen molar-refractivity contribution in [1.82, 2.24) is 76.1 Å². The topological polar surface area (TPSA) is 390 Å². The van der Waals surface area contributed by atoms with E-state index in [1.807, 2.05) is 120 Å². The predicted octanol–water partition coefficient (Wildman–Crippen LogP) is 6.61. The Bertz CT molecular complexity index is 3900. The first-order valence-electron chi connectivity index (χ1n) is 43.2. The number of hydrogen-bond donors (Lipinski definition) is 8.